The highest BCUT2D eigenvalue weighted by Crippen LogP contribution is 2.50. The molecule has 0 spiro atoms. The number of ether oxygens (including phenoxy) is 3. The van der Waals surface area contributed by atoms with Gasteiger partial charge in [-0.2, -0.15) is 0 Å². The molecule has 0 radical (unpaired) electrons. The minimum Gasteiger partial charge on any atom is -0.493 e. The summed E-state index contributed by atoms with van der Waals surface area (Å²) in [5.74, 6) is 2.07. The van der Waals surface area contributed by atoms with Crippen molar-refractivity contribution < 1.29 is 19.0 Å². The van der Waals surface area contributed by atoms with E-state index in [1.807, 2.05) is 17.0 Å². The summed E-state index contributed by atoms with van der Waals surface area (Å²) in [7, 11) is 5.38. The number of aromatic nitrogens is 1. The summed E-state index contributed by atoms with van der Waals surface area (Å²) in [4.78, 5) is 25.3. The monoisotopic (exact) mass is 517 g/mol. The minimum absolute atomic E-state index is 0.0820. The lowest BCUT2D eigenvalue weighted by Gasteiger charge is -2.36. The van der Waals surface area contributed by atoms with Gasteiger partial charge in [0.15, 0.2) is 11.5 Å². The van der Waals surface area contributed by atoms with E-state index in [-0.39, 0.29) is 5.91 Å². The standard InChI is InChI=1S/C29H35N5O4/c1-32-9-11-33(12-10-32)17-25(35)34-8-6-21-22-15-18-14-19(38-13-7-30)4-5-20(18)27(22)31-23-16-24(36-2)29(37-3)28(34)26(21)23/h4-5,14,16H,6-13,15,17,30H2,1-3H3. The Morgan fingerprint density at radius 2 is 1.87 bits per heavy atom. The molecule has 6 rings (SSSR count). The van der Waals surface area contributed by atoms with Gasteiger partial charge in [0.05, 0.1) is 37.7 Å². The number of pyridine rings is 1. The first kappa shape index (κ1) is 24.9. The molecular formula is C29H35N5O4. The van der Waals surface area contributed by atoms with E-state index in [4.69, 9.17) is 24.9 Å². The van der Waals surface area contributed by atoms with Gasteiger partial charge in [0.1, 0.15) is 12.4 Å². The van der Waals surface area contributed by atoms with E-state index in [1.165, 1.54) is 16.7 Å². The predicted octanol–water partition coefficient (Wildman–Crippen LogP) is 2.30. The number of hydrogen-bond donors (Lipinski definition) is 1. The van der Waals surface area contributed by atoms with Crippen LogP contribution in [0.2, 0.25) is 0 Å². The second-order valence-corrected chi connectivity index (χ2v) is 10.3. The zero-order valence-electron chi connectivity index (χ0n) is 22.4. The molecule has 9 nitrogen and oxygen atoms in total. The molecule has 9 heteroatoms. The van der Waals surface area contributed by atoms with Crippen LogP contribution in [0.3, 0.4) is 0 Å². The van der Waals surface area contributed by atoms with Crippen LogP contribution in [0.1, 0.15) is 16.7 Å². The van der Waals surface area contributed by atoms with Crippen molar-refractivity contribution in [2.45, 2.75) is 12.8 Å². The number of likely N-dealkylation sites (N-methyl/N-ethyl adjacent to an activating group) is 1. The summed E-state index contributed by atoms with van der Waals surface area (Å²) < 4.78 is 17.4. The molecule has 2 aromatic carbocycles. The number of benzene rings is 2. The third kappa shape index (κ3) is 4.15. The molecule has 1 saturated heterocycles. The van der Waals surface area contributed by atoms with Crippen molar-refractivity contribution in [3.8, 4) is 28.5 Å². The van der Waals surface area contributed by atoms with E-state index in [1.54, 1.807) is 14.2 Å². The van der Waals surface area contributed by atoms with Gasteiger partial charge in [-0.3, -0.25) is 9.69 Å². The SMILES string of the molecule is COc1cc2nc3c(c4c2c(c1OC)N(C(=O)CN1CCN(C)CC1)CC4)Cc1cc(OCCN)ccc1-3. The van der Waals surface area contributed by atoms with Crippen molar-refractivity contribution in [3.05, 3.63) is 41.0 Å². The third-order valence-electron chi connectivity index (χ3n) is 8.00. The molecule has 1 amide bonds. The number of rotatable bonds is 7. The Morgan fingerprint density at radius 1 is 1.05 bits per heavy atom. The molecule has 200 valence electrons. The molecular weight excluding hydrogens is 482 g/mol. The molecule has 0 bridgehead atoms. The van der Waals surface area contributed by atoms with Gasteiger partial charge < -0.3 is 29.7 Å². The normalized spacial score (nSPS) is 16.9. The van der Waals surface area contributed by atoms with Crippen LogP contribution in [0.25, 0.3) is 22.2 Å². The second-order valence-electron chi connectivity index (χ2n) is 10.3. The first-order valence-corrected chi connectivity index (χ1v) is 13.3. The van der Waals surface area contributed by atoms with E-state index >= 15 is 0 Å². The zero-order chi connectivity index (χ0) is 26.4. The molecule has 0 atom stereocenters. The van der Waals surface area contributed by atoms with Crippen LogP contribution >= 0.6 is 0 Å². The Kier molecular flexibility index (Phi) is 6.59. The number of piperazine rings is 1. The molecule has 0 saturated carbocycles. The van der Waals surface area contributed by atoms with E-state index in [9.17, 15) is 4.79 Å². The third-order valence-corrected chi connectivity index (χ3v) is 8.00. The van der Waals surface area contributed by atoms with E-state index in [0.717, 1.165) is 72.6 Å². The summed E-state index contributed by atoms with van der Waals surface area (Å²) in [6.07, 6.45) is 1.55. The maximum atomic E-state index is 13.7. The summed E-state index contributed by atoms with van der Waals surface area (Å²) in [5, 5.41) is 0.992. The number of hydrogen-bond acceptors (Lipinski definition) is 8. The number of anilines is 1. The fourth-order valence-electron chi connectivity index (χ4n) is 6.05. The molecule has 1 aromatic heterocycles. The van der Waals surface area contributed by atoms with E-state index in [0.29, 0.717) is 37.7 Å². The van der Waals surface area contributed by atoms with Crippen LogP contribution in [0, 0.1) is 0 Å². The van der Waals surface area contributed by atoms with Crippen molar-refractivity contribution in [2.75, 3.05) is 78.6 Å². The van der Waals surface area contributed by atoms with Crippen molar-refractivity contribution in [3.63, 3.8) is 0 Å². The summed E-state index contributed by atoms with van der Waals surface area (Å²) >= 11 is 0. The highest BCUT2D eigenvalue weighted by molar-refractivity contribution is 6.10. The first-order valence-electron chi connectivity index (χ1n) is 13.3. The number of nitrogens with two attached hydrogens (primary N) is 1. The van der Waals surface area contributed by atoms with Crippen molar-refractivity contribution in [2.24, 2.45) is 5.73 Å². The zero-order valence-corrected chi connectivity index (χ0v) is 22.4. The van der Waals surface area contributed by atoms with Crippen molar-refractivity contribution >= 4 is 22.5 Å². The minimum atomic E-state index is 0.0820. The smallest absolute Gasteiger partial charge is 0.241 e. The quantitative estimate of drug-likeness (QED) is 0.399. The van der Waals surface area contributed by atoms with Crippen LogP contribution in [0.15, 0.2) is 24.3 Å². The van der Waals surface area contributed by atoms with Gasteiger partial charge in [-0.15, -0.1) is 0 Å². The number of carbonyl (C=O) groups excluding carboxylic acids is 1. The van der Waals surface area contributed by atoms with Crippen molar-refractivity contribution in [1.82, 2.24) is 14.8 Å². The summed E-state index contributed by atoms with van der Waals surface area (Å²) in [6, 6.07) is 8.11. The number of fused-ring (bicyclic) bond motifs is 4. The molecule has 0 unspecified atom stereocenters. The average Bonchev–Trinajstić information content (AvgIpc) is 3.30. The molecule has 3 heterocycles. The maximum absolute atomic E-state index is 13.7. The van der Waals surface area contributed by atoms with Gasteiger partial charge in [0.2, 0.25) is 5.91 Å². The number of carbonyl (C=O) groups is 1. The Labute approximate surface area is 223 Å². The maximum Gasteiger partial charge on any atom is 0.241 e. The highest BCUT2D eigenvalue weighted by atomic mass is 16.5. The largest absolute Gasteiger partial charge is 0.493 e. The lowest BCUT2D eigenvalue weighted by Crippen LogP contribution is -2.49. The fourth-order valence-corrected chi connectivity index (χ4v) is 6.05. The van der Waals surface area contributed by atoms with Crippen LogP contribution in [0.4, 0.5) is 5.69 Å². The molecule has 38 heavy (non-hydrogen) atoms. The number of amides is 1. The van der Waals surface area contributed by atoms with Gasteiger partial charge >= 0.3 is 0 Å². The summed E-state index contributed by atoms with van der Waals surface area (Å²) in [6.45, 7) is 5.67. The lowest BCUT2D eigenvalue weighted by molar-refractivity contribution is -0.120. The predicted molar refractivity (Wildman–Crippen MR) is 148 cm³/mol. The fraction of sp³-hybridized carbons (Fsp3) is 0.448. The Bertz CT molecular complexity index is 1400. The molecule has 1 fully saturated rings. The lowest BCUT2D eigenvalue weighted by atomic mass is 9.92. The molecule has 2 N–H and O–H groups in total. The van der Waals surface area contributed by atoms with Crippen LogP contribution in [0.5, 0.6) is 17.2 Å². The Hall–Kier alpha value is -3.40. The van der Waals surface area contributed by atoms with Gasteiger partial charge in [-0.05, 0) is 48.4 Å². The van der Waals surface area contributed by atoms with E-state index in [2.05, 4.69) is 29.0 Å². The van der Waals surface area contributed by atoms with Crippen LogP contribution in [-0.4, -0.2) is 94.4 Å². The van der Waals surface area contributed by atoms with Crippen LogP contribution < -0.4 is 24.8 Å². The summed E-state index contributed by atoms with van der Waals surface area (Å²) in [5.41, 5.74) is 13.0. The van der Waals surface area contributed by atoms with Gasteiger partial charge in [0.25, 0.3) is 0 Å². The molecule has 2 aliphatic heterocycles. The van der Waals surface area contributed by atoms with Gasteiger partial charge in [0, 0.05) is 62.7 Å². The Balaban J connectivity index is 1.44. The van der Waals surface area contributed by atoms with E-state index < -0.39 is 0 Å². The molecule has 3 aromatic rings. The second kappa shape index (κ2) is 10.1. The number of nitrogens with zero attached hydrogens (tertiary/aromatic N) is 4. The van der Waals surface area contributed by atoms with Crippen molar-refractivity contribution in [1.29, 1.82) is 0 Å². The molecule has 3 aliphatic rings. The topological polar surface area (TPSA) is 93.4 Å². The average molecular weight is 518 g/mol. The number of methoxy groups -OCH3 is 2. The first-order chi connectivity index (χ1) is 18.5. The van der Waals surface area contributed by atoms with Gasteiger partial charge in [-0.1, -0.05) is 0 Å². The Morgan fingerprint density at radius 3 is 2.61 bits per heavy atom. The van der Waals surface area contributed by atoms with Crippen LogP contribution in [-0.2, 0) is 17.6 Å². The molecule has 1 aliphatic carbocycles. The highest BCUT2D eigenvalue weighted by Gasteiger charge is 2.35. The van der Waals surface area contributed by atoms with Gasteiger partial charge in [-0.25, -0.2) is 4.98 Å².